The summed E-state index contributed by atoms with van der Waals surface area (Å²) in [5, 5.41) is 15.0. The van der Waals surface area contributed by atoms with Gasteiger partial charge in [0.1, 0.15) is 0 Å². The van der Waals surface area contributed by atoms with Crippen LogP contribution >= 0.6 is 22.9 Å². The molecule has 0 unspecified atom stereocenters. The monoisotopic (exact) mass is 294 g/mol. The second kappa shape index (κ2) is 5.86. The molecule has 0 aliphatic rings. The number of alkyl halides is 1. The van der Waals surface area contributed by atoms with Crippen LogP contribution in [0, 0.1) is 0 Å². The molecule has 0 atom stereocenters. The molecule has 0 aliphatic heterocycles. The molecule has 0 saturated heterocycles. The van der Waals surface area contributed by atoms with Crippen LogP contribution < -0.4 is 10.4 Å². The molecule has 0 fully saturated rings. The Hall–Kier alpha value is -1.85. The highest BCUT2D eigenvalue weighted by atomic mass is 35.5. The van der Waals surface area contributed by atoms with Gasteiger partial charge in [0.05, 0.1) is 16.5 Å². The number of nitrogens with one attached hydrogen (secondary N) is 1. The van der Waals surface area contributed by atoms with E-state index in [1.54, 1.807) is 29.6 Å². The molecule has 1 aromatic carbocycles. The van der Waals surface area contributed by atoms with Gasteiger partial charge in [-0.25, -0.2) is 0 Å². The van der Waals surface area contributed by atoms with Crippen molar-refractivity contribution in [2.75, 3.05) is 5.32 Å². The van der Waals surface area contributed by atoms with E-state index < -0.39 is 5.97 Å². The highest BCUT2D eigenvalue weighted by molar-refractivity contribution is 7.12. The van der Waals surface area contributed by atoms with Crippen molar-refractivity contribution in [1.29, 1.82) is 0 Å². The van der Waals surface area contributed by atoms with E-state index in [0.717, 1.165) is 16.9 Å². The van der Waals surface area contributed by atoms with Crippen molar-refractivity contribution in [2.45, 2.75) is 5.88 Å². The van der Waals surface area contributed by atoms with E-state index in [2.05, 4.69) is 5.32 Å². The number of hydrogen-bond acceptors (Lipinski definition) is 4. The minimum absolute atomic E-state index is 0.00171. The van der Waals surface area contributed by atoms with Gasteiger partial charge in [0, 0.05) is 11.4 Å². The Morgan fingerprint density at radius 1 is 1.32 bits per heavy atom. The van der Waals surface area contributed by atoms with E-state index in [0.29, 0.717) is 11.4 Å². The first-order chi connectivity index (χ1) is 9.11. The molecule has 19 heavy (non-hydrogen) atoms. The predicted octanol–water partition coefficient (Wildman–Crippen LogP) is 2.10. The van der Waals surface area contributed by atoms with Gasteiger partial charge in [0.25, 0.3) is 5.91 Å². The number of halogens is 1. The number of carbonyl (C=O) groups excluding carboxylic acids is 2. The van der Waals surface area contributed by atoms with Crippen LogP contribution in [-0.4, -0.2) is 11.9 Å². The van der Waals surface area contributed by atoms with E-state index in [1.165, 1.54) is 6.07 Å². The normalized spacial score (nSPS) is 10.2. The fourth-order valence-electron chi connectivity index (χ4n) is 1.56. The quantitative estimate of drug-likeness (QED) is 0.878. The number of hydrogen-bond donors (Lipinski definition) is 1. The SMILES string of the molecule is O=C(Nc1ccsc1C(=O)[O-])c1cccc(CCl)c1. The molecule has 0 radical (unpaired) electrons. The lowest BCUT2D eigenvalue weighted by atomic mass is 10.1. The van der Waals surface area contributed by atoms with Gasteiger partial charge >= 0.3 is 0 Å². The van der Waals surface area contributed by atoms with Crippen molar-refractivity contribution in [2.24, 2.45) is 0 Å². The molecule has 1 N–H and O–H groups in total. The van der Waals surface area contributed by atoms with Gasteiger partial charge < -0.3 is 15.2 Å². The number of carboxylic acid groups (broad SMARTS) is 1. The van der Waals surface area contributed by atoms with Crippen molar-refractivity contribution in [3.05, 3.63) is 51.7 Å². The van der Waals surface area contributed by atoms with Crippen molar-refractivity contribution < 1.29 is 14.7 Å². The average molecular weight is 295 g/mol. The second-order valence-corrected chi connectivity index (χ2v) is 4.92. The Balaban J connectivity index is 2.20. The zero-order valence-corrected chi connectivity index (χ0v) is 11.3. The number of anilines is 1. The van der Waals surface area contributed by atoms with Crippen LogP contribution in [0.15, 0.2) is 35.7 Å². The van der Waals surface area contributed by atoms with E-state index in [4.69, 9.17) is 11.6 Å². The maximum Gasteiger partial charge on any atom is 0.255 e. The number of thiophene rings is 1. The highest BCUT2D eigenvalue weighted by Crippen LogP contribution is 2.22. The summed E-state index contributed by atoms with van der Waals surface area (Å²) in [5.41, 5.74) is 1.49. The molecule has 6 heteroatoms. The highest BCUT2D eigenvalue weighted by Gasteiger charge is 2.11. The minimum atomic E-state index is -1.31. The Kier molecular flexibility index (Phi) is 4.19. The van der Waals surface area contributed by atoms with Crippen LogP contribution in [0.5, 0.6) is 0 Å². The van der Waals surface area contributed by atoms with Crippen molar-refractivity contribution in [3.63, 3.8) is 0 Å². The third kappa shape index (κ3) is 3.13. The maximum absolute atomic E-state index is 12.0. The summed E-state index contributed by atoms with van der Waals surface area (Å²) in [6, 6.07) is 8.35. The van der Waals surface area contributed by atoms with Crippen LogP contribution in [0.1, 0.15) is 25.6 Å². The first kappa shape index (κ1) is 13.6. The summed E-state index contributed by atoms with van der Waals surface area (Å²) in [5.74, 6) is -1.38. The van der Waals surface area contributed by atoms with Crippen LogP contribution in [0.3, 0.4) is 0 Å². The lowest BCUT2D eigenvalue weighted by Gasteiger charge is -2.07. The molecule has 2 aromatic rings. The summed E-state index contributed by atoms with van der Waals surface area (Å²) in [6.07, 6.45) is 0. The third-order valence-corrected chi connectivity index (χ3v) is 3.65. The molecule has 0 aliphatic carbocycles. The number of benzene rings is 1. The van der Waals surface area contributed by atoms with Gasteiger partial charge in [0.15, 0.2) is 0 Å². The number of aromatic carboxylic acids is 1. The van der Waals surface area contributed by atoms with E-state index in [-0.39, 0.29) is 16.5 Å². The van der Waals surface area contributed by atoms with Gasteiger partial charge in [-0.15, -0.1) is 22.9 Å². The molecule has 1 heterocycles. The van der Waals surface area contributed by atoms with Gasteiger partial charge in [-0.2, -0.15) is 0 Å². The van der Waals surface area contributed by atoms with E-state index in [1.807, 2.05) is 0 Å². The molecule has 4 nitrogen and oxygen atoms in total. The molecule has 2 rings (SSSR count). The summed E-state index contributed by atoms with van der Waals surface area (Å²) in [7, 11) is 0. The molecular formula is C13H9ClNO3S-. The van der Waals surface area contributed by atoms with E-state index >= 15 is 0 Å². The zero-order valence-electron chi connectivity index (χ0n) is 9.68. The minimum Gasteiger partial charge on any atom is -0.544 e. The Morgan fingerprint density at radius 2 is 2.11 bits per heavy atom. The summed E-state index contributed by atoms with van der Waals surface area (Å²) in [4.78, 5) is 22.8. The van der Waals surface area contributed by atoms with Crippen LogP contribution in [0.2, 0.25) is 0 Å². The van der Waals surface area contributed by atoms with Gasteiger partial charge in [-0.1, -0.05) is 12.1 Å². The van der Waals surface area contributed by atoms with Gasteiger partial charge in [-0.05, 0) is 29.1 Å². The average Bonchev–Trinajstić information content (AvgIpc) is 2.87. The standard InChI is InChI=1S/C13H10ClNO3S/c14-7-8-2-1-3-9(6-8)12(16)15-10-4-5-19-11(10)13(17)18/h1-6H,7H2,(H,15,16)(H,17,18)/p-1. The van der Waals surface area contributed by atoms with Crippen LogP contribution in [-0.2, 0) is 5.88 Å². The van der Waals surface area contributed by atoms with Crippen molar-refractivity contribution in [3.8, 4) is 0 Å². The second-order valence-electron chi connectivity index (χ2n) is 3.74. The smallest absolute Gasteiger partial charge is 0.255 e. The molecule has 0 bridgehead atoms. The summed E-state index contributed by atoms with van der Waals surface area (Å²) >= 11 is 6.70. The van der Waals surface area contributed by atoms with Gasteiger partial charge in [-0.3, -0.25) is 4.79 Å². The first-order valence-electron chi connectivity index (χ1n) is 5.37. The Labute approximate surface area is 118 Å². The number of rotatable bonds is 4. The van der Waals surface area contributed by atoms with Gasteiger partial charge in [0.2, 0.25) is 0 Å². The molecule has 1 aromatic heterocycles. The predicted molar refractivity (Wildman–Crippen MR) is 72.6 cm³/mol. The molecule has 0 spiro atoms. The number of carboxylic acids is 1. The van der Waals surface area contributed by atoms with Crippen LogP contribution in [0.25, 0.3) is 0 Å². The topological polar surface area (TPSA) is 69.2 Å². The molecular weight excluding hydrogens is 286 g/mol. The largest absolute Gasteiger partial charge is 0.544 e. The summed E-state index contributed by atoms with van der Waals surface area (Å²) < 4.78 is 0. The number of carbonyl (C=O) groups is 2. The zero-order chi connectivity index (χ0) is 13.8. The summed E-state index contributed by atoms with van der Waals surface area (Å²) in [6.45, 7) is 0. The molecule has 98 valence electrons. The first-order valence-corrected chi connectivity index (χ1v) is 6.78. The Morgan fingerprint density at radius 3 is 2.79 bits per heavy atom. The van der Waals surface area contributed by atoms with Crippen molar-refractivity contribution >= 4 is 40.5 Å². The van der Waals surface area contributed by atoms with Crippen molar-refractivity contribution in [1.82, 2.24) is 0 Å². The lowest BCUT2D eigenvalue weighted by Crippen LogP contribution is -2.23. The Bertz CT molecular complexity index is 624. The fraction of sp³-hybridized carbons (Fsp3) is 0.0769. The molecule has 0 saturated carbocycles. The van der Waals surface area contributed by atoms with Crippen LogP contribution in [0.4, 0.5) is 5.69 Å². The maximum atomic E-state index is 12.0. The van der Waals surface area contributed by atoms with E-state index in [9.17, 15) is 14.7 Å². The third-order valence-electron chi connectivity index (χ3n) is 2.44. The fourth-order valence-corrected chi connectivity index (χ4v) is 2.40. The lowest BCUT2D eigenvalue weighted by molar-refractivity contribution is -0.254. The molecule has 1 amide bonds. The number of amides is 1.